The van der Waals surface area contributed by atoms with Crippen LogP contribution in [-0.2, 0) is 10.2 Å². The predicted molar refractivity (Wildman–Crippen MR) is 85.6 cm³/mol. The van der Waals surface area contributed by atoms with Gasteiger partial charge >= 0.3 is 5.97 Å². The van der Waals surface area contributed by atoms with Crippen LogP contribution in [0.3, 0.4) is 0 Å². The van der Waals surface area contributed by atoms with Crippen LogP contribution in [0.4, 0.5) is 5.69 Å². The maximum absolute atomic E-state index is 12.4. The van der Waals surface area contributed by atoms with Gasteiger partial charge < -0.3 is 10.0 Å². The normalized spacial score (nSPS) is 11.1. The standard InChI is InChI=1S/C16H22N2O5/c1-5-17(9-8-14(19)20)15(21)11-6-7-12(16(2,3)4)13(10-11)18(22)23/h6-7,10H,5,8-9H2,1-4H3,(H,19,20). The molecule has 0 heterocycles. The Labute approximate surface area is 135 Å². The van der Waals surface area contributed by atoms with Crippen molar-refractivity contribution in [1.29, 1.82) is 0 Å². The van der Waals surface area contributed by atoms with Crippen LogP contribution in [0.2, 0.25) is 0 Å². The lowest BCUT2D eigenvalue weighted by atomic mass is 9.85. The van der Waals surface area contributed by atoms with Crippen LogP contribution in [0, 0.1) is 10.1 Å². The molecular weight excluding hydrogens is 300 g/mol. The van der Waals surface area contributed by atoms with Crippen molar-refractivity contribution < 1.29 is 19.6 Å². The molecule has 0 bridgehead atoms. The van der Waals surface area contributed by atoms with Crippen LogP contribution >= 0.6 is 0 Å². The van der Waals surface area contributed by atoms with Crippen LogP contribution in [0.15, 0.2) is 18.2 Å². The lowest BCUT2D eigenvalue weighted by Gasteiger charge is -2.22. The number of nitro groups is 1. The number of nitro benzene ring substituents is 1. The van der Waals surface area contributed by atoms with E-state index in [9.17, 15) is 19.7 Å². The van der Waals surface area contributed by atoms with E-state index in [1.54, 1.807) is 19.1 Å². The fourth-order valence-electron chi connectivity index (χ4n) is 2.27. The number of hydrogen-bond donors (Lipinski definition) is 1. The Morgan fingerprint density at radius 2 is 1.91 bits per heavy atom. The van der Waals surface area contributed by atoms with Gasteiger partial charge in [0.2, 0.25) is 0 Å². The van der Waals surface area contributed by atoms with Crippen LogP contribution in [0.5, 0.6) is 0 Å². The zero-order valence-corrected chi connectivity index (χ0v) is 13.8. The average Bonchev–Trinajstić information content (AvgIpc) is 2.45. The van der Waals surface area contributed by atoms with E-state index in [0.717, 1.165) is 0 Å². The summed E-state index contributed by atoms with van der Waals surface area (Å²) in [6.45, 7) is 7.73. The Balaban J connectivity index is 3.17. The molecule has 0 aliphatic carbocycles. The van der Waals surface area contributed by atoms with Gasteiger partial charge in [0, 0.05) is 30.3 Å². The van der Waals surface area contributed by atoms with Crippen molar-refractivity contribution in [3.8, 4) is 0 Å². The van der Waals surface area contributed by atoms with Gasteiger partial charge in [0.1, 0.15) is 0 Å². The van der Waals surface area contributed by atoms with Crippen molar-refractivity contribution in [2.24, 2.45) is 0 Å². The van der Waals surface area contributed by atoms with E-state index in [0.29, 0.717) is 12.1 Å². The number of nitrogens with zero attached hydrogens (tertiary/aromatic N) is 2. The fourth-order valence-corrected chi connectivity index (χ4v) is 2.27. The number of carbonyl (C=O) groups excluding carboxylic acids is 1. The summed E-state index contributed by atoms with van der Waals surface area (Å²) in [6.07, 6.45) is -0.165. The first kappa shape index (κ1) is 18.6. The van der Waals surface area contributed by atoms with Crippen molar-refractivity contribution in [3.63, 3.8) is 0 Å². The highest BCUT2D eigenvalue weighted by molar-refractivity contribution is 5.95. The van der Waals surface area contributed by atoms with Crippen molar-refractivity contribution >= 4 is 17.6 Å². The summed E-state index contributed by atoms with van der Waals surface area (Å²) in [7, 11) is 0. The molecule has 7 heteroatoms. The molecular formula is C16H22N2O5. The van der Waals surface area contributed by atoms with Crippen LogP contribution in [0.25, 0.3) is 0 Å². The molecule has 0 aromatic heterocycles. The molecule has 0 radical (unpaired) electrons. The number of benzene rings is 1. The van der Waals surface area contributed by atoms with Gasteiger partial charge in [0.05, 0.1) is 11.3 Å². The topological polar surface area (TPSA) is 101 Å². The zero-order valence-electron chi connectivity index (χ0n) is 13.8. The van der Waals surface area contributed by atoms with E-state index in [4.69, 9.17) is 5.11 Å². The van der Waals surface area contributed by atoms with Crippen LogP contribution in [-0.4, -0.2) is 39.9 Å². The van der Waals surface area contributed by atoms with E-state index in [-0.39, 0.29) is 24.2 Å². The molecule has 1 rings (SSSR count). The Hall–Kier alpha value is -2.44. The molecule has 0 spiro atoms. The Morgan fingerprint density at radius 1 is 1.30 bits per heavy atom. The second kappa shape index (κ2) is 7.21. The predicted octanol–water partition coefficient (Wildman–Crippen LogP) is 2.83. The van der Waals surface area contributed by atoms with E-state index in [1.807, 2.05) is 20.8 Å². The second-order valence-corrected chi connectivity index (χ2v) is 6.27. The number of carbonyl (C=O) groups is 2. The third-order valence-corrected chi connectivity index (χ3v) is 3.51. The highest BCUT2D eigenvalue weighted by atomic mass is 16.6. The van der Waals surface area contributed by atoms with Gasteiger partial charge in [-0.1, -0.05) is 26.8 Å². The van der Waals surface area contributed by atoms with Crippen molar-refractivity contribution in [2.45, 2.75) is 39.5 Å². The molecule has 0 fully saturated rings. The summed E-state index contributed by atoms with van der Waals surface area (Å²) >= 11 is 0. The summed E-state index contributed by atoms with van der Waals surface area (Å²) in [5.41, 5.74) is 0.222. The smallest absolute Gasteiger partial charge is 0.305 e. The fraction of sp³-hybridized carbons (Fsp3) is 0.500. The number of rotatable bonds is 6. The first-order chi connectivity index (χ1) is 10.6. The molecule has 1 amide bonds. The number of aliphatic carboxylic acids is 1. The Morgan fingerprint density at radius 3 is 2.35 bits per heavy atom. The molecule has 1 N–H and O–H groups in total. The molecule has 126 valence electrons. The average molecular weight is 322 g/mol. The summed E-state index contributed by atoms with van der Waals surface area (Å²) in [4.78, 5) is 35.3. The van der Waals surface area contributed by atoms with Gasteiger partial charge in [-0.05, 0) is 18.4 Å². The van der Waals surface area contributed by atoms with E-state index in [1.165, 1.54) is 11.0 Å². The highest BCUT2D eigenvalue weighted by Gasteiger charge is 2.27. The Kier molecular flexibility index (Phi) is 5.84. The highest BCUT2D eigenvalue weighted by Crippen LogP contribution is 2.32. The molecule has 23 heavy (non-hydrogen) atoms. The molecule has 0 saturated carbocycles. The molecule has 1 aromatic rings. The van der Waals surface area contributed by atoms with Gasteiger partial charge in [-0.3, -0.25) is 19.7 Å². The molecule has 0 saturated heterocycles. The molecule has 1 aromatic carbocycles. The van der Waals surface area contributed by atoms with Crippen molar-refractivity contribution in [3.05, 3.63) is 39.4 Å². The molecule has 0 unspecified atom stereocenters. The Bertz CT molecular complexity index is 619. The van der Waals surface area contributed by atoms with E-state index < -0.39 is 22.2 Å². The summed E-state index contributed by atoms with van der Waals surface area (Å²) < 4.78 is 0. The van der Waals surface area contributed by atoms with Gasteiger partial charge in [0.15, 0.2) is 0 Å². The molecule has 0 aliphatic rings. The zero-order chi connectivity index (χ0) is 17.8. The minimum Gasteiger partial charge on any atom is -0.481 e. The summed E-state index contributed by atoms with van der Waals surface area (Å²) in [5, 5.41) is 20.0. The SMILES string of the molecule is CCN(CCC(=O)O)C(=O)c1ccc(C(C)(C)C)c([N+](=O)[O-])c1. The van der Waals surface area contributed by atoms with E-state index >= 15 is 0 Å². The molecule has 0 aliphatic heterocycles. The van der Waals surface area contributed by atoms with Gasteiger partial charge in [0.25, 0.3) is 11.6 Å². The lowest BCUT2D eigenvalue weighted by Crippen LogP contribution is -2.33. The first-order valence-electron chi connectivity index (χ1n) is 7.38. The maximum atomic E-state index is 12.4. The third-order valence-electron chi connectivity index (χ3n) is 3.51. The summed E-state index contributed by atoms with van der Waals surface area (Å²) in [6, 6.07) is 4.42. The van der Waals surface area contributed by atoms with Gasteiger partial charge in [-0.25, -0.2) is 0 Å². The second-order valence-electron chi connectivity index (χ2n) is 6.27. The molecule has 7 nitrogen and oxygen atoms in total. The largest absolute Gasteiger partial charge is 0.481 e. The summed E-state index contributed by atoms with van der Waals surface area (Å²) in [5.74, 6) is -1.40. The third kappa shape index (κ3) is 4.77. The maximum Gasteiger partial charge on any atom is 0.305 e. The first-order valence-corrected chi connectivity index (χ1v) is 7.38. The minimum atomic E-state index is -0.995. The van der Waals surface area contributed by atoms with Crippen LogP contribution < -0.4 is 0 Å². The molecule has 0 atom stereocenters. The van der Waals surface area contributed by atoms with E-state index in [2.05, 4.69) is 0 Å². The lowest BCUT2D eigenvalue weighted by molar-refractivity contribution is -0.386. The van der Waals surface area contributed by atoms with Crippen molar-refractivity contribution in [2.75, 3.05) is 13.1 Å². The number of carboxylic acid groups (broad SMARTS) is 1. The van der Waals surface area contributed by atoms with Crippen molar-refractivity contribution in [1.82, 2.24) is 4.90 Å². The minimum absolute atomic E-state index is 0.0689. The van der Waals surface area contributed by atoms with Gasteiger partial charge in [-0.2, -0.15) is 0 Å². The number of amides is 1. The quantitative estimate of drug-likeness (QED) is 0.641. The number of carboxylic acids is 1. The number of hydrogen-bond acceptors (Lipinski definition) is 4. The van der Waals surface area contributed by atoms with Gasteiger partial charge in [-0.15, -0.1) is 0 Å². The monoisotopic (exact) mass is 322 g/mol. The van der Waals surface area contributed by atoms with Crippen LogP contribution in [0.1, 0.15) is 50.0 Å².